The van der Waals surface area contributed by atoms with Crippen molar-refractivity contribution in [1.82, 2.24) is 24.1 Å². The van der Waals surface area contributed by atoms with E-state index in [1.807, 2.05) is 12.1 Å². The van der Waals surface area contributed by atoms with Gasteiger partial charge in [-0.3, -0.25) is 0 Å². The van der Waals surface area contributed by atoms with Gasteiger partial charge in [0.25, 0.3) is 5.78 Å². The number of hydrogen-bond acceptors (Lipinski definition) is 3. The standard InChI is InChI=1S/C16H14ClN5/c1-2-21-9-13(12-5-3-4-6-14(12)21)15-7-11(8-17)20-16-18-10-19-22(15)16/h3-7,9-10H,2,8H2,1H3. The molecule has 4 rings (SSSR count). The Bertz CT molecular complexity index is 969. The van der Waals surface area contributed by atoms with Crippen LogP contribution in [0.15, 0.2) is 42.9 Å². The first-order valence-electron chi connectivity index (χ1n) is 7.15. The van der Waals surface area contributed by atoms with Crippen LogP contribution in [-0.4, -0.2) is 24.1 Å². The summed E-state index contributed by atoms with van der Waals surface area (Å²) >= 11 is 5.98. The molecule has 3 heterocycles. The topological polar surface area (TPSA) is 48.0 Å². The summed E-state index contributed by atoms with van der Waals surface area (Å²) < 4.78 is 3.99. The van der Waals surface area contributed by atoms with Gasteiger partial charge in [-0.25, -0.2) is 4.98 Å². The molecule has 0 spiro atoms. The first-order chi connectivity index (χ1) is 10.8. The van der Waals surface area contributed by atoms with E-state index in [0.717, 1.165) is 23.5 Å². The number of halogens is 1. The van der Waals surface area contributed by atoms with Crippen LogP contribution in [0.2, 0.25) is 0 Å². The molecule has 1 aromatic carbocycles. The van der Waals surface area contributed by atoms with Crippen molar-refractivity contribution in [2.45, 2.75) is 19.3 Å². The second-order valence-electron chi connectivity index (χ2n) is 5.08. The van der Waals surface area contributed by atoms with E-state index in [1.54, 1.807) is 4.52 Å². The predicted octanol–water partition coefficient (Wildman–Crippen LogP) is 3.50. The minimum Gasteiger partial charge on any atom is -0.347 e. The molecular weight excluding hydrogens is 298 g/mol. The van der Waals surface area contributed by atoms with Crippen LogP contribution in [-0.2, 0) is 12.4 Å². The summed E-state index contributed by atoms with van der Waals surface area (Å²) in [7, 11) is 0. The number of alkyl halides is 1. The number of aryl methyl sites for hydroxylation is 1. The highest BCUT2D eigenvalue weighted by Gasteiger charge is 2.14. The van der Waals surface area contributed by atoms with Crippen molar-refractivity contribution in [3.63, 3.8) is 0 Å². The number of aromatic nitrogens is 5. The van der Waals surface area contributed by atoms with Crippen molar-refractivity contribution < 1.29 is 0 Å². The summed E-state index contributed by atoms with van der Waals surface area (Å²) in [6, 6.07) is 10.3. The maximum Gasteiger partial charge on any atom is 0.252 e. The first kappa shape index (κ1) is 13.3. The minimum atomic E-state index is 0.350. The Morgan fingerprint density at radius 1 is 1.23 bits per heavy atom. The molecule has 0 aliphatic rings. The molecule has 0 aliphatic carbocycles. The molecule has 0 bridgehead atoms. The Morgan fingerprint density at radius 3 is 2.91 bits per heavy atom. The average Bonchev–Trinajstić information content (AvgIpc) is 3.18. The fourth-order valence-electron chi connectivity index (χ4n) is 2.83. The minimum absolute atomic E-state index is 0.350. The molecule has 110 valence electrons. The van der Waals surface area contributed by atoms with Gasteiger partial charge in [-0.15, -0.1) is 11.6 Å². The summed E-state index contributed by atoms with van der Waals surface area (Å²) in [5, 5.41) is 5.49. The van der Waals surface area contributed by atoms with Gasteiger partial charge < -0.3 is 4.57 Å². The van der Waals surface area contributed by atoms with Crippen LogP contribution in [0.25, 0.3) is 27.9 Å². The lowest BCUT2D eigenvalue weighted by molar-refractivity contribution is 0.797. The lowest BCUT2D eigenvalue weighted by Gasteiger charge is -2.05. The third kappa shape index (κ3) is 1.89. The van der Waals surface area contributed by atoms with Gasteiger partial charge in [-0.1, -0.05) is 18.2 Å². The maximum absolute atomic E-state index is 5.98. The Labute approximate surface area is 132 Å². The quantitative estimate of drug-likeness (QED) is 0.544. The van der Waals surface area contributed by atoms with E-state index in [-0.39, 0.29) is 0 Å². The fraction of sp³-hybridized carbons (Fsp3) is 0.188. The Kier molecular flexibility index (Phi) is 3.08. The third-order valence-corrected chi connectivity index (χ3v) is 4.12. The number of fused-ring (bicyclic) bond motifs is 2. The van der Waals surface area contributed by atoms with Crippen LogP contribution >= 0.6 is 11.6 Å². The zero-order valence-corrected chi connectivity index (χ0v) is 12.8. The van der Waals surface area contributed by atoms with Crippen molar-refractivity contribution in [2.75, 3.05) is 0 Å². The molecule has 3 aromatic heterocycles. The smallest absolute Gasteiger partial charge is 0.252 e. The van der Waals surface area contributed by atoms with Gasteiger partial charge in [0.15, 0.2) is 0 Å². The molecule has 0 fully saturated rings. The van der Waals surface area contributed by atoms with E-state index in [0.29, 0.717) is 11.7 Å². The molecule has 0 radical (unpaired) electrons. The SMILES string of the molecule is CCn1cc(-c2cc(CCl)nc3ncnn23)c2ccccc21. The van der Waals surface area contributed by atoms with Crippen LogP contribution < -0.4 is 0 Å². The summed E-state index contributed by atoms with van der Waals surface area (Å²) in [6.45, 7) is 3.05. The normalized spacial score (nSPS) is 11.5. The highest BCUT2D eigenvalue weighted by atomic mass is 35.5. The molecule has 0 amide bonds. The van der Waals surface area contributed by atoms with Gasteiger partial charge >= 0.3 is 0 Å². The predicted molar refractivity (Wildman–Crippen MR) is 86.9 cm³/mol. The molecule has 5 nitrogen and oxygen atoms in total. The van der Waals surface area contributed by atoms with Crippen molar-refractivity contribution in [3.8, 4) is 11.3 Å². The van der Waals surface area contributed by atoms with Crippen molar-refractivity contribution in [1.29, 1.82) is 0 Å². The van der Waals surface area contributed by atoms with Crippen LogP contribution in [0.3, 0.4) is 0 Å². The summed E-state index contributed by atoms with van der Waals surface area (Å²) in [6.07, 6.45) is 3.67. The van der Waals surface area contributed by atoms with E-state index < -0.39 is 0 Å². The molecule has 0 N–H and O–H groups in total. The number of rotatable bonds is 3. The summed E-state index contributed by atoms with van der Waals surface area (Å²) in [5.74, 6) is 0.921. The molecule has 0 saturated carbocycles. The van der Waals surface area contributed by atoms with E-state index in [1.165, 1.54) is 17.2 Å². The number of nitrogens with zero attached hydrogens (tertiary/aromatic N) is 5. The molecule has 0 atom stereocenters. The molecule has 0 saturated heterocycles. The summed E-state index contributed by atoms with van der Waals surface area (Å²) in [4.78, 5) is 8.59. The van der Waals surface area contributed by atoms with Crippen LogP contribution in [0, 0.1) is 0 Å². The van der Waals surface area contributed by atoms with Gasteiger partial charge in [0, 0.05) is 29.2 Å². The van der Waals surface area contributed by atoms with Gasteiger partial charge in [0.05, 0.1) is 17.3 Å². The molecule has 4 aromatic rings. The second kappa shape index (κ2) is 5.10. The lowest BCUT2D eigenvalue weighted by Crippen LogP contribution is -1.99. The van der Waals surface area contributed by atoms with Crippen LogP contribution in [0.4, 0.5) is 0 Å². The molecular formula is C16H14ClN5. The van der Waals surface area contributed by atoms with Crippen LogP contribution in [0.1, 0.15) is 12.6 Å². The lowest BCUT2D eigenvalue weighted by atomic mass is 10.1. The fourth-order valence-corrected chi connectivity index (χ4v) is 2.97. The highest BCUT2D eigenvalue weighted by molar-refractivity contribution is 6.17. The molecule has 0 aliphatic heterocycles. The molecule has 6 heteroatoms. The first-order valence-corrected chi connectivity index (χ1v) is 7.69. The van der Waals surface area contributed by atoms with Gasteiger partial charge in [-0.2, -0.15) is 14.6 Å². The maximum atomic E-state index is 5.98. The van der Waals surface area contributed by atoms with E-state index >= 15 is 0 Å². The number of para-hydroxylation sites is 1. The number of hydrogen-bond donors (Lipinski definition) is 0. The zero-order valence-electron chi connectivity index (χ0n) is 12.1. The zero-order chi connectivity index (χ0) is 15.1. The Morgan fingerprint density at radius 2 is 2.09 bits per heavy atom. The van der Waals surface area contributed by atoms with Crippen molar-refractivity contribution in [2.24, 2.45) is 0 Å². The van der Waals surface area contributed by atoms with E-state index in [9.17, 15) is 0 Å². The summed E-state index contributed by atoms with van der Waals surface area (Å²) in [5.41, 5.74) is 4.08. The van der Waals surface area contributed by atoms with Gasteiger partial charge in [0.1, 0.15) is 6.33 Å². The highest BCUT2D eigenvalue weighted by Crippen LogP contribution is 2.31. The largest absolute Gasteiger partial charge is 0.347 e. The second-order valence-corrected chi connectivity index (χ2v) is 5.35. The van der Waals surface area contributed by atoms with E-state index in [4.69, 9.17) is 11.6 Å². The van der Waals surface area contributed by atoms with Crippen molar-refractivity contribution in [3.05, 3.63) is 48.5 Å². The Balaban J connectivity index is 2.09. The van der Waals surface area contributed by atoms with Crippen LogP contribution in [0.5, 0.6) is 0 Å². The molecule has 22 heavy (non-hydrogen) atoms. The molecule has 0 unspecified atom stereocenters. The Hall–Kier alpha value is -2.40. The van der Waals surface area contributed by atoms with E-state index in [2.05, 4.69) is 51.0 Å². The average molecular weight is 312 g/mol. The van der Waals surface area contributed by atoms with Gasteiger partial charge in [-0.05, 0) is 19.1 Å². The number of benzene rings is 1. The van der Waals surface area contributed by atoms with Crippen molar-refractivity contribution >= 4 is 28.3 Å². The monoisotopic (exact) mass is 311 g/mol. The van der Waals surface area contributed by atoms with Gasteiger partial charge in [0.2, 0.25) is 0 Å². The third-order valence-electron chi connectivity index (χ3n) is 3.85.